The molecule has 1 N–H and O–H groups in total. The minimum atomic E-state index is -0.0806. The Balaban J connectivity index is 1.58. The molecule has 0 radical (unpaired) electrons. The number of nitrogens with zero attached hydrogens (tertiary/aromatic N) is 3. The van der Waals surface area contributed by atoms with E-state index in [0.29, 0.717) is 28.4 Å². The second-order valence-electron chi connectivity index (χ2n) is 7.12. The number of carbonyl (C=O) groups is 1. The van der Waals surface area contributed by atoms with E-state index in [4.69, 9.17) is 9.47 Å². The molecule has 1 aromatic heterocycles. The number of aromatic nitrogens is 3. The van der Waals surface area contributed by atoms with Crippen LogP contribution in [0.5, 0.6) is 11.5 Å². The Bertz CT molecular complexity index is 1050. The van der Waals surface area contributed by atoms with Gasteiger partial charge in [-0.15, -0.1) is 10.2 Å². The first-order valence-corrected chi connectivity index (χ1v) is 11.8. The van der Waals surface area contributed by atoms with Crippen molar-refractivity contribution in [2.75, 3.05) is 18.2 Å². The van der Waals surface area contributed by atoms with Crippen LogP contribution in [0.3, 0.4) is 0 Å². The Morgan fingerprint density at radius 1 is 1.19 bits per heavy atom. The van der Waals surface area contributed by atoms with Gasteiger partial charge in [0.15, 0.2) is 22.5 Å². The molecule has 0 fully saturated rings. The van der Waals surface area contributed by atoms with Crippen LogP contribution < -0.4 is 14.8 Å². The Morgan fingerprint density at radius 2 is 1.94 bits per heavy atom. The fourth-order valence-electron chi connectivity index (χ4n) is 2.92. The molecule has 2 aromatic carbocycles. The lowest BCUT2D eigenvalue weighted by Crippen LogP contribution is -2.16. The van der Waals surface area contributed by atoms with Gasteiger partial charge in [0.1, 0.15) is 6.61 Å². The number of rotatable bonds is 9. The molecule has 7 nitrogen and oxygen atoms in total. The van der Waals surface area contributed by atoms with Crippen LogP contribution in [-0.4, -0.2) is 33.5 Å². The van der Waals surface area contributed by atoms with Gasteiger partial charge in [-0.3, -0.25) is 4.79 Å². The number of para-hydroxylation sites is 2. The maximum atomic E-state index is 12.5. The molecule has 3 aromatic rings. The molecule has 164 valence electrons. The van der Waals surface area contributed by atoms with E-state index >= 15 is 0 Å². The van der Waals surface area contributed by atoms with E-state index in [1.165, 1.54) is 11.8 Å². The number of hydrogen-bond acceptors (Lipinski definition) is 6. The first-order chi connectivity index (χ1) is 14.9. The highest BCUT2D eigenvalue weighted by atomic mass is 127. The summed E-state index contributed by atoms with van der Waals surface area (Å²) >= 11 is 3.62. The number of anilines is 1. The fourth-order valence-corrected chi connectivity index (χ4v) is 4.16. The van der Waals surface area contributed by atoms with Gasteiger partial charge in [0.25, 0.3) is 0 Å². The molecule has 1 amide bonds. The Morgan fingerprint density at radius 3 is 2.65 bits per heavy atom. The topological polar surface area (TPSA) is 78.3 Å². The van der Waals surface area contributed by atoms with Crippen molar-refractivity contribution in [1.82, 2.24) is 14.8 Å². The van der Waals surface area contributed by atoms with Crippen LogP contribution in [0.15, 0.2) is 47.6 Å². The van der Waals surface area contributed by atoms with Crippen LogP contribution in [0, 0.1) is 3.57 Å². The maximum Gasteiger partial charge on any atom is 0.234 e. The molecule has 1 heterocycles. The van der Waals surface area contributed by atoms with Gasteiger partial charge >= 0.3 is 0 Å². The number of thioether (sulfide) groups is 1. The van der Waals surface area contributed by atoms with Gasteiger partial charge in [-0.1, -0.05) is 37.7 Å². The molecule has 0 spiro atoms. The third-order valence-electron chi connectivity index (χ3n) is 4.59. The molecule has 31 heavy (non-hydrogen) atoms. The summed E-state index contributed by atoms with van der Waals surface area (Å²) in [6.45, 7) is 4.48. The Kier molecular flexibility index (Phi) is 8.19. The first kappa shape index (κ1) is 23.4. The summed E-state index contributed by atoms with van der Waals surface area (Å²) in [5.74, 6) is 2.44. The van der Waals surface area contributed by atoms with Crippen LogP contribution in [-0.2, 0) is 18.4 Å². The predicted molar refractivity (Wildman–Crippen MR) is 131 cm³/mol. The van der Waals surface area contributed by atoms with Crippen molar-refractivity contribution < 1.29 is 14.3 Å². The third kappa shape index (κ3) is 6.13. The van der Waals surface area contributed by atoms with E-state index in [1.54, 1.807) is 7.11 Å². The summed E-state index contributed by atoms with van der Waals surface area (Å²) in [6, 6.07) is 13.5. The highest BCUT2D eigenvalue weighted by Crippen LogP contribution is 2.28. The zero-order valence-electron chi connectivity index (χ0n) is 17.9. The van der Waals surface area contributed by atoms with Crippen molar-refractivity contribution in [3.63, 3.8) is 0 Å². The van der Waals surface area contributed by atoms with E-state index in [1.807, 2.05) is 48.0 Å². The molecule has 3 rings (SSSR count). The number of nitrogens with one attached hydrogen (secondary N) is 1. The van der Waals surface area contributed by atoms with E-state index in [2.05, 4.69) is 58.0 Å². The number of benzene rings is 2. The zero-order chi connectivity index (χ0) is 22.4. The van der Waals surface area contributed by atoms with Gasteiger partial charge in [-0.25, -0.2) is 0 Å². The Labute approximate surface area is 200 Å². The van der Waals surface area contributed by atoms with Crippen LogP contribution in [0.2, 0.25) is 0 Å². The second-order valence-corrected chi connectivity index (χ2v) is 9.31. The number of amides is 1. The number of methoxy groups -OCH3 is 1. The quantitative estimate of drug-likeness (QED) is 0.302. The smallest absolute Gasteiger partial charge is 0.234 e. The number of carbonyl (C=O) groups excluding carboxylic acids is 1. The predicted octanol–water partition coefficient (Wildman–Crippen LogP) is 4.86. The Hall–Kier alpha value is -2.27. The number of hydrogen-bond donors (Lipinski definition) is 1. The van der Waals surface area contributed by atoms with Crippen molar-refractivity contribution >= 4 is 45.9 Å². The minimum Gasteiger partial charge on any atom is -0.493 e. The van der Waals surface area contributed by atoms with E-state index < -0.39 is 0 Å². The summed E-state index contributed by atoms with van der Waals surface area (Å²) in [7, 11) is 3.46. The van der Waals surface area contributed by atoms with Gasteiger partial charge in [-0.05, 0) is 64.4 Å². The van der Waals surface area contributed by atoms with Crippen molar-refractivity contribution in [3.8, 4) is 11.5 Å². The average Bonchev–Trinajstić information content (AvgIpc) is 3.11. The lowest BCUT2D eigenvalue weighted by Gasteiger charge is -2.14. The van der Waals surface area contributed by atoms with Gasteiger partial charge in [0.2, 0.25) is 5.91 Å². The molecule has 9 heteroatoms. The summed E-state index contributed by atoms with van der Waals surface area (Å²) in [5.41, 5.74) is 1.98. The third-order valence-corrected chi connectivity index (χ3v) is 6.28. The molecule has 0 aliphatic carbocycles. The number of halogens is 1. The lowest BCUT2D eigenvalue weighted by molar-refractivity contribution is -0.113. The summed E-state index contributed by atoms with van der Waals surface area (Å²) in [4.78, 5) is 12.5. The van der Waals surface area contributed by atoms with Crippen molar-refractivity contribution in [2.24, 2.45) is 7.05 Å². The van der Waals surface area contributed by atoms with Crippen molar-refractivity contribution in [2.45, 2.75) is 31.5 Å². The van der Waals surface area contributed by atoms with E-state index in [-0.39, 0.29) is 18.3 Å². The first-order valence-electron chi connectivity index (χ1n) is 9.75. The van der Waals surface area contributed by atoms with Crippen LogP contribution in [0.1, 0.15) is 31.2 Å². The molecule has 0 aliphatic rings. The van der Waals surface area contributed by atoms with Crippen LogP contribution >= 0.6 is 34.4 Å². The van der Waals surface area contributed by atoms with Crippen LogP contribution in [0.4, 0.5) is 5.69 Å². The SMILES string of the molecule is COc1ccccc1OCc1nnc(SCC(=O)Nc2ccc(I)cc2C(C)C)n1C. The van der Waals surface area contributed by atoms with E-state index in [0.717, 1.165) is 14.8 Å². The molecule has 0 bridgehead atoms. The molecular formula is C22H25IN4O3S. The fraction of sp³-hybridized carbons (Fsp3) is 0.318. The van der Waals surface area contributed by atoms with Crippen LogP contribution in [0.25, 0.3) is 0 Å². The molecule has 0 saturated heterocycles. The zero-order valence-corrected chi connectivity index (χ0v) is 20.9. The highest BCUT2D eigenvalue weighted by Gasteiger charge is 2.15. The van der Waals surface area contributed by atoms with Gasteiger partial charge in [0.05, 0.1) is 12.9 Å². The second kappa shape index (κ2) is 10.9. The molecule has 0 unspecified atom stereocenters. The highest BCUT2D eigenvalue weighted by molar-refractivity contribution is 14.1. The molecule has 0 saturated carbocycles. The van der Waals surface area contributed by atoms with Crippen molar-refractivity contribution in [3.05, 3.63) is 57.4 Å². The van der Waals surface area contributed by atoms with Gasteiger partial charge in [0, 0.05) is 16.3 Å². The minimum absolute atomic E-state index is 0.0806. The largest absolute Gasteiger partial charge is 0.493 e. The average molecular weight is 552 g/mol. The van der Waals surface area contributed by atoms with Gasteiger partial charge in [-0.2, -0.15) is 0 Å². The van der Waals surface area contributed by atoms with Gasteiger partial charge < -0.3 is 19.4 Å². The maximum absolute atomic E-state index is 12.5. The van der Waals surface area contributed by atoms with Crippen molar-refractivity contribution in [1.29, 1.82) is 0 Å². The van der Waals surface area contributed by atoms with E-state index in [9.17, 15) is 4.79 Å². The molecular weight excluding hydrogens is 527 g/mol. The normalized spacial score (nSPS) is 10.9. The summed E-state index contributed by atoms with van der Waals surface area (Å²) < 4.78 is 14.1. The monoisotopic (exact) mass is 552 g/mol. The summed E-state index contributed by atoms with van der Waals surface area (Å²) in [6.07, 6.45) is 0. The molecule has 0 atom stereocenters. The number of ether oxygens (including phenoxy) is 2. The lowest BCUT2D eigenvalue weighted by atomic mass is 10.0. The molecule has 0 aliphatic heterocycles. The standard InChI is InChI=1S/C22H25IN4O3S/c1-14(2)16-11-15(23)9-10-17(16)24-21(28)13-31-22-26-25-20(27(22)3)12-30-19-8-6-5-7-18(19)29-4/h5-11,14H,12-13H2,1-4H3,(H,24,28). The summed E-state index contributed by atoms with van der Waals surface area (Å²) in [5, 5.41) is 12.0.